The molecular formula is C32H27NO. The molecule has 2 heteroatoms. The van der Waals surface area contributed by atoms with Gasteiger partial charge >= 0.3 is 0 Å². The highest BCUT2D eigenvalue weighted by Gasteiger charge is 2.25. The smallest absolute Gasteiger partial charge is 0.204 e. The van der Waals surface area contributed by atoms with E-state index in [4.69, 9.17) is 4.42 Å². The number of aryl methyl sites for hydroxylation is 2. The maximum absolute atomic E-state index is 6.55. The Morgan fingerprint density at radius 1 is 0.559 bits per heavy atom. The van der Waals surface area contributed by atoms with Crippen molar-refractivity contribution in [1.29, 1.82) is 0 Å². The number of anilines is 3. The summed E-state index contributed by atoms with van der Waals surface area (Å²) in [6.45, 7) is 0. The minimum atomic E-state index is 0.288. The fourth-order valence-electron chi connectivity index (χ4n) is 5.22. The first-order chi connectivity index (χ1) is 16.9. The van der Waals surface area contributed by atoms with E-state index in [0.29, 0.717) is 0 Å². The summed E-state index contributed by atoms with van der Waals surface area (Å²) in [6, 6.07) is 42.9. The van der Waals surface area contributed by atoms with Crippen molar-refractivity contribution < 1.29 is 4.42 Å². The van der Waals surface area contributed by atoms with E-state index >= 15 is 0 Å². The first kappa shape index (κ1) is 20.6. The Morgan fingerprint density at radius 2 is 1.06 bits per heavy atom. The van der Waals surface area contributed by atoms with Gasteiger partial charge < -0.3 is 4.42 Å². The summed E-state index contributed by atoms with van der Waals surface area (Å²) in [7, 11) is 0. The fourth-order valence-corrected chi connectivity index (χ4v) is 5.22. The van der Waals surface area contributed by atoms with Gasteiger partial charge in [0.25, 0.3) is 0 Å². The number of rotatable bonds is 5. The zero-order valence-corrected chi connectivity index (χ0v) is 19.1. The van der Waals surface area contributed by atoms with E-state index in [2.05, 4.69) is 114 Å². The highest BCUT2D eigenvalue weighted by molar-refractivity contribution is 5.73. The Labute approximate surface area is 201 Å². The second-order valence-electron chi connectivity index (χ2n) is 8.90. The summed E-state index contributed by atoms with van der Waals surface area (Å²) in [5.74, 6) is 2.13. The van der Waals surface area contributed by atoms with Crippen LogP contribution >= 0.6 is 0 Å². The summed E-state index contributed by atoms with van der Waals surface area (Å²) in [5.41, 5.74) is 7.91. The Hall–Kier alpha value is -4.04. The molecule has 0 aliphatic heterocycles. The largest absolute Gasteiger partial charge is 0.445 e. The van der Waals surface area contributed by atoms with Crippen LogP contribution in [0.5, 0.6) is 0 Å². The predicted octanol–water partition coefficient (Wildman–Crippen LogP) is 8.22. The number of nitrogens with zero attached hydrogens (tertiary/aromatic N) is 1. The van der Waals surface area contributed by atoms with Crippen molar-refractivity contribution >= 4 is 17.3 Å². The van der Waals surface area contributed by atoms with Gasteiger partial charge in [-0.2, -0.15) is 0 Å². The minimum Gasteiger partial charge on any atom is -0.445 e. The molecule has 0 spiro atoms. The van der Waals surface area contributed by atoms with E-state index in [1.54, 1.807) is 0 Å². The van der Waals surface area contributed by atoms with Gasteiger partial charge in [0, 0.05) is 29.8 Å². The van der Waals surface area contributed by atoms with Crippen LogP contribution in [0.15, 0.2) is 126 Å². The van der Waals surface area contributed by atoms with E-state index in [9.17, 15) is 0 Å². The molecule has 0 radical (unpaired) electrons. The lowest BCUT2D eigenvalue weighted by molar-refractivity contribution is 0.504. The SMILES string of the molecule is c1ccc(N(c2ccccc2)c2ccc(CC3c4ccccc4CCc4ccccc43)o2)cc1. The van der Waals surface area contributed by atoms with Crippen LogP contribution in [0.1, 0.15) is 33.9 Å². The van der Waals surface area contributed by atoms with E-state index in [0.717, 1.165) is 42.3 Å². The van der Waals surface area contributed by atoms with E-state index < -0.39 is 0 Å². The van der Waals surface area contributed by atoms with Crippen LogP contribution in [0.2, 0.25) is 0 Å². The molecule has 34 heavy (non-hydrogen) atoms. The minimum absolute atomic E-state index is 0.288. The molecule has 0 bridgehead atoms. The zero-order valence-electron chi connectivity index (χ0n) is 19.1. The lowest BCUT2D eigenvalue weighted by Crippen LogP contribution is -2.09. The molecule has 0 atom stereocenters. The molecule has 1 aliphatic carbocycles. The molecule has 1 aromatic heterocycles. The van der Waals surface area contributed by atoms with E-state index in [1.807, 2.05) is 12.1 Å². The average molecular weight is 442 g/mol. The molecule has 5 aromatic rings. The lowest BCUT2D eigenvalue weighted by Gasteiger charge is -2.23. The normalized spacial score (nSPS) is 13.1. The number of fused-ring (bicyclic) bond motifs is 2. The predicted molar refractivity (Wildman–Crippen MR) is 139 cm³/mol. The molecule has 2 nitrogen and oxygen atoms in total. The van der Waals surface area contributed by atoms with Crippen LogP contribution in [0, 0.1) is 0 Å². The van der Waals surface area contributed by atoms with Gasteiger partial charge in [-0.25, -0.2) is 0 Å². The van der Waals surface area contributed by atoms with Gasteiger partial charge in [0.1, 0.15) is 5.76 Å². The van der Waals surface area contributed by atoms with Crippen LogP contribution in [-0.4, -0.2) is 0 Å². The van der Waals surface area contributed by atoms with Crippen LogP contribution in [0.4, 0.5) is 17.3 Å². The molecule has 0 saturated carbocycles. The number of para-hydroxylation sites is 2. The highest BCUT2D eigenvalue weighted by Crippen LogP contribution is 2.39. The third kappa shape index (κ3) is 3.92. The molecule has 1 heterocycles. The van der Waals surface area contributed by atoms with Crippen LogP contribution in [0.3, 0.4) is 0 Å². The maximum atomic E-state index is 6.55. The topological polar surface area (TPSA) is 16.4 Å². The van der Waals surface area contributed by atoms with Gasteiger partial charge in [0.2, 0.25) is 5.88 Å². The zero-order chi connectivity index (χ0) is 22.7. The average Bonchev–Trinajstić information content (AvgIpc) is 3.29. The Balaban J connectivity index is 1.39. The second kappa shape index (κ2) is 9.07. The molecular weight excluding hydrogens is 414 g/mol. The Bertz CT molecular complexity index is 1300. The fraction of sp³-hybridized carbons (Fsp3) is 0.125. The quantitative estimate of drug-likeness (QED) is 0.273. The second-order valence-corrected chi connectivity index (χ2v) is 8.90. The van der Waals surface area contributed by atoms with Crippen molar-refractivity contribution in [2.24, 2.45) is 0 Å². The summed E-state index contributed by atoms with van der Waals surface area (Å²) in [4.78, 5) is 2.18. The Morgan fingerprint density at radius 3 is 1.62 bits per heavy atom. The van der Waals surface area contributed by atoms with Gasteiger partial charge in [-0.1, -0.05) is 84.9 Å². The molecule has 1 aliphatic rings. The summed E-state index contributed by atoms with van der Waals surface area (Å²) < 4.78 is 6.55. The molecule has 0 saturated heterocycles. The Kier molecular flexibility index (Phi) is 5.48. The summed E-state index contributed by atoms with van der Waals surface area (Å²) in [6.07, 6.45) is 3.01. The maximum Gasteiger partial charge on any atom is 0.204 e. The van der Waals surface area contributed by atoms with Gasteiger partial charge in [-0.3, -0.25) is 4.90 Å². The summed E-state index contributed by atoms with van der Waals surface area (Å²) >= 11 is 0. The van der Waals surface area contributed by atoms with Crippen molar-refractivity contribution in [3.63, 3.8) is 0 Å². The molecule has 0 amide bonds. The summed E-state index contributed by atoms with van der Waals surface area (Å²) in [5, 5.41) is 0. The van der Waals surface area contributed by atoms with Crippen LogP contribution in [-0.2, 0) is 19.3 Å². The molecule has 4 aromatic carbocycles. The number of hydrogen-bond donors (Lipinski definition) is 0. The molecule has 0 fully saturated rings. The third-order valence-electron chi connectivity index (χ3n) is 6.83. The van der Waals surface area contributed by atoms with Gasteiger partial charge in [0.05, 0.1) is 0 Å². The van der Waals surface area contributed by atoms with Gasteiger partial charge in [-0.15, -0.1) is 0 Å². The van der Waals surface area contributed by atoms with E-state index in [1.165, 1.54) is 22.3 Å². The van der Waals surface area contributed by atoms with Crippen LogP contribution < -0.4 is 4.90 Å². The third-order valence-corrected chi connectivity index (χ3v) is 6.83. The first-order valence-electron chi connectivity index (χ1n) is 12.0. The van der Waals surface area contributed by atoms with Crippen molar-refractivity contribution in [3.8, 4) is 0 Å². The van der Waals surface area contributed by atoms with Crippen molar-refractivity contribution in [2.75, 3.05) is 4.90 Å². The number of benzene rings is 4. The van der Waals surface area contributed by atoms with Crippen molar-refractivity contribution in [3.05, 3.63) is 149 Å². The number of furan rings is 1. The monoisotopic (exact) mass is 441 g/mol. The van der Waals surface area contributed by atoms with Crippen molar-refractivity contribution in [1.82, 2.24) is 0 Å². The standard InChI is InChI=1S/C32H27NO/c1-3-13-26(14-4-1)33(27-15-5-2-6-16-27)32-22-21-28(34-32)23-31-29-17-9-7-11-24(29)19-20-25-12-8-10-18-30(25)31/h1-18,21-22,31H,19-20,23H2. The molecule has 0 unspecified atom stereocenters. The van der Waals surface area contributed by atoms with E-state index in [-0.39, 0.29) is 5.92 Å². The molecule has 166 valence electrons. The van der Waals surface area contributed by atoms with Gasteiger partial charge in [-0.05, 0) is 65.4 Å². The van der Waals surface area contributed by atoms with Gasteiger partial charge in [0.15, 0.2) is 0 Å². The first-order valence-corrected chi connectivity index (χ1v) is 12.0. The highest BCUT2D eigenvalue weighted by atomic mass is 16.4. The number of hydrogen-bond acceptors (Lipinski definition) is 2. The molecule has 0 N–H and O–H groups in total. The molecule has 6 rings (SSSR count). The lowest BCUT2D eigenvalue weighted by atomic mass is 9.85. The van der Waals surface area contributed by atoms with Crippen LogP contribution in [0.25, 0.3) is 0 Å². The van der Waals surface area contributed by atoms with Crippen molar-refractivity contribution in [2.45, 2.75) is 25.2 Å².